The number of nitriles is 1. The summed E-state index contributed by atoms with van der Waals surface area (Å²) in [7, 11) is 4.72. The van der Waals surface area contributed by atoms with Crippen molar-refractivity contribution in [1.29, 1.82) is 5.26 Å². The molecule has 0 saturated carbocycles. The van der Waals surface area contributed by atoms with Crippen LogP contribution in [0.25, 0.3) is 22.3 Å². The molecular formula is C37H43ClN2O7. The molecule has 3 aromatic carbocycles. The van der Waals surface area contributed by atoms with Gasteiger partial charge in [-0.3, -0.25) is 4.79 Å². The van der Waals surface area contributed by atoms with E-state index in [9.17, 15) is 20.1 Å². The van der Waals surface area contributed by atoms with Gasteiger partial charge in [-0.05, 0) is 55.5 Å². The van der Waals surface area contributed by atoms with Crippen LogP contribution < -0.4 is 14.9 Å². The van der Waals surface area contributed by atoms with Gasteiger partial charge >= 0.3 is 5.97 Å². The maximum Gasteiger partial charge on any atom is 0.341 e. The predicted molar refractivity (Wildman–Crippen MR) is 185 cm³/mol. The Kier molecular flexibility index (Phi) is 12.6. The van der Waals surface area contributed by atoms with Crippen LogP contribution in [0.2, 0.25) is 0 Å². The van der Waals surface area contributed by atoms with Gasteiger partial charge < -0.3 is 28.5 Å². The van der Waals surface area contributed by atoms with Gasteiger partial charge in [0.15, 0.2) is 22.5 Å². The number of hydroxylamine groups is 3. The number of carbonyl (C=O) groups excluding carboxylic acids is 1. The highest BCUT2D eigenvalue weighted by Crippen LogP contribution is 2.40. The maximum absolute atomic E-state index is 13.3. The standard InChI is InChI=1S/C37H42N2O7.ClH/c1-25(2)37(24-38,28-17-18-31(43-5)32(23-28)44-6)19-11-20-39(4,42)21-12-22-45-36(41)30-16-10-15-29-33(40)26(3)34(46-35(29)30)27-13-8-7-9-14-27;/h7-10,13-18,23,25H,11-12,19-22H2,1-6H3;1H. The quantitative estimate of drug-likeness (QED) is 0.0586. The van der Waals surface area contributed by atoms with E-state index in [2.05, 4.69) is 6.07 Å². The lowest BCUT2D eigenvalue weighted by Gasteiger charge is -2.40. The van der Waals surface area contributed by atoms with Crippen molar-refractivity contribution in [2.75, 3.05) is 41.0 Å². The summed E-state index contributed by atoms with van der Waals surface area (Å²) in [5, 5.41) is 24.0. The second kappa shape index (κ2) is 16.0. The Morgan fingerprint density at radius 1 is 1.00 bits per heavy atom. The van der Waals surface area contributed by atoms with Crippen molar-refractivity contribution in [1.82, 2.24) is 0 Å². The molecule has 1 aromatic heterocycles. The third-order valence-corrected chi connectivity index (χ3v) is 8.70. The molecular weight excluding hydrogens is 620 g/mol. The second-order valence-corrected chi connectivity index (χ2v) is 12.1. The number of benzene rings is 3. The molecule has 0 radical (unpaired) electrons. The van der Waals surface area contributed by atoms with Gasteiger partial charge in [-0.15, -0.1) is 12.4 Å². The molecule has 0 spiro atoms. The Balaban J connectivity index is 0.00000600. The summed E-state index contributed by atoms with van der Waals surface area (Å²) in [6.07, 6.45) is 1.37. The Morgan fingerprint density at radius 2 is 1.68 bits per heavy atom. The smallest absolute Gasteiger partial charge is 0.341 e. The van der Waals surface area contributed by atoms with Gasteiger partial charge in [0, 0.05) is 17.5 Å². The topological polar surface area (TPSA) is 122 Å². The number of quaternary nitrogens is 1. The molecule has 4 rings (SSSR count). The fourth-order valence-corrected chi connectivity index (χ4v) is 5.91. The van der Waals surface area contributed by atoms with E-state index in [1.165, 1.54) is 0 Å². The molecule has 4 aromatic rings. The van der Waals surface area contributed by atoms with Crippen LogP contribution in [0, 0.1) is 29.4 Å². The molecule has 2 atom stereocenters. The molecule has 0 aliphatic rings. The maximum atomic E-state index is 13.3. The zero-order valence-electron chi connectivity index (χ0n) is 27.8. The van der Waals surface area contributed by atoms with Gasteiger partial charge in [0.2, 0.25) is 0 Å². The largest absolute Gasteiger partial charge is 0.633 e. The minimum Gasteiger partial charge on any atom is -0.633 e. The third kappa shape index (κ3) is 8.14. The predicted octanol–water partition coefficient (Wildman–Crippen LogP) is 7.60. The minimum absolute atomic E-state index is 0. The monoisotopic (exact) mass is 662 g/mol. The number of fused-ring (bicyclic) bond motifs is 1. The molecule has 0 bridgehead atoms. The number of halogens is 1. The number of ether oxygens (including phenoxy) is 3. The molecule has 1 heterocycles. The molecule has 9 nitrogen and oxygen atoms in total. The number of methoxy groups -OCH3 is 2. The van der Waals surface area contributed by atoms with E-state index in [-0.39, 0.29) is 48.1 Å². The Bertz CT molecular complexity index is 1780. The zero-order chi connectivity index (χ0) is 33.5. The first kappa shape index (κ1) is 37.1. The lowest BCUT2D eigenvalue weighted by molar-refractivity contribution is -0.861. The summed E-state index contributed by atoms with van der Waals surface area (Å²) in [5.41, 5.74) is 1.33. The lowest BCUT2D eigenvalue weighted by atomic mass is 9.69. The van der Waals surface area contributed by atoms with Gasteiger partial charge in [-0.2, -0.15) is 5.26 Å². The summed E-state index contributed by atoms with van der Waals surface area (Å²) < 4.78 is 22.0. The van der Waals surface area contributed by atoms with Crippen molar-refractivity contribution in [3.8, 4) is 28.9 Å². The fraction of sp³-hybridized carbons (Fsp3) is 0.378. The summed E-state index contributed by atoms with van der Waals surface area (Å²) in [6, 6.07) is 22.1. The number of para-hydroxylation sites is 1. The third-order valence-electron chi connectivity index (χ3n) is 8.70. The average molecular weight is 663 g/mol. The van der Waals surface area contributed by atoms with Crippen molar-refractivity contribution < 1.29 is 28.1 Å². The second-order valence-electron chi connectivity index (χ2n) is 12.1. The minimum atomic E-state index is -0.804. The van der Waals surface area contributed by atoms with Crippen molar-refractivity contribution in [3.63, 3.8) is 0 Å². The van der Waals surface area contributed by atoms with Crippen LogP contribution in [-0.4, -0.2) is 51.6 Å². The Hall–Kier alpha value is -4.36. The van der Waals surface area contributed by atoms with Gasteiger partial charge in [-0.1, -0.05) is 56.3 Å². The summed E-state index contributed by atoms with van der Waals surface area (Å²) >= 11 is 0. The summed E-state index contributed by atoms with van der Waals surface area (Å²) in [6.45, 7) is 6.28. The first-order valence-electron chi connectivity index (χ1n) is 15.5. The highest BCUT2D eigenvalue weighted by atomic mass is 35.5. The van der Waals surface area contributed by atoms with E-state index in [0.717, 1.165) is 11.1 Å². The Morgan fingerprint density at radius 3 is 2.32 bits per heavy atom. The summed E-state index contributed by atoms with van der Waals surface area (Å²) in [5.74, 6) is 0.913. The van der Waals surface area contributed by atoms with Gasteiger partial charge in [0.1, 0.15) is 11.3 Å². The van der Waals surface area contributed by atoms with E-state index in [4.69, 9.17) is 18.6 Å². The molecule has 0 aliphatic heterocycles. The van der Waals surface area contributed by atoms with Crippen molar-refractivity contribution >= 4 is 29.3 Å². The first-order chi connectivity index (χ1) is 22.0. The first-order valence-corrected chi connectivity index (χ1v) is 15.5. The Labute approximate surface area is 282 Å². The summed E-state index contributed by atoms with van der Waals surface area (Å²) in [4.78, 5) is 26.2. The molecule has 10 heteroatoms. The van der Waals surface area contributed by atoms with Crippen LogP contribution >= 0.6 is 12.4 Å². The van der Waals surface area contributed by atoms with E-state index in [1.807, 2.05) is 56.3 Å². The number of nitrogens with zero attached hydrogens (tertiary/aromatic N) is 2. The van der Waals surface area contributed by atoms with E-state index < -0.39 is 16.0 Å². The van der Waals surface area contributed by atoms with Gasteiger partial charge in [0.25, 0.3) is 0 Å². The fourth-order valence-electron chi connectivity index (χ4n) is 5.91. The molecule has 2 unspecified atom stereocenters. The van der Waals surface area contributed by atoms with Crippen LogP contribution in [0.1, 0.15) is 54.6 Å². The molecule has 47 heavy (non-hydrogen) atoms. The van der Waals surface area contributed by atoms with Crippen molar-refractivity contribution in [2.24, 2.45) is 5.92 Å². The number of carbonyl (C=O) groups is 1. The van der Waals surface area contributed by atoms with Crippen LogP contribution in [-0.2, 0) is 10.2 Å². The number of esters is 1. The molecule has 0 saturated heterocycles. The lowest BCUT2D eigenvalue weighted by Crippen LogP contribution is -2.41. The zero-order valence-corrected chi connectivity index (χ0v) is 28.6. The van der Waals surface area contributed by atoms with Crippen LogP contribution in [0.5, 0.6) is 11.5 Å². The number of hydrogen-bond donors (Lipinski definition) is 0. The molecule has 0 N–H and O–H groups in total. The van der Waals surface area contributed by atoms with E-state index in [0.29, 0.717) is 54.0 Å². The molecule has 0 amide bonds. The van der Waals surface area contributed by atoms with Gasteiger partial charge in [-0.25, -0.2) is 4.79 Å². The number of rotatable bonds is 14. The van der Waals surface area contributed by atoms with Crippen molar-refractivity contribution in [2.45, 2.75) is 45.4 Å². The van der Waals surface area contributed by atoms with Gasteiger partial charge in [0.05, 0.1) is 57.8 Å². The highest BCUT2D eigenvalue weighted by molar-refractivity contribution is 6.02. The van der Waals surface area contributed by atoms with Crippen molar-refractivity contribution in [3.05, 3.63) is 98.9 Å². The van der Waals surface area contributed by atoms with Crippen LogP contribution in [0.15, 0.2) is 75.9 Å². The molecule has 250 valence electrons. The van der Waals surface area contributed by atoms with Crippen LogP contribution in [0.3, 0.4) is 0 Å². The normalized spacial score (nSPS) is 13.6. The van der Waals surface area contributed by atoms with E-state index >= 15 is 0 Å². The molecule has 0 aliphatic carbocycles. The SMILES string of the molecule is COc1ccc(C(C#N)(CCC[N+](C)([O-])CCCOC(=O)c2cccc3c(=O)c(C)c(-c4ccccc4)oc23)C(C)C)cc1OC.Cl. The highest BCUT2D eigenvalue weighted by Gasteiger charge is 2.37. The van der Waals surface area contributed by atoms with E-state index in [1.54, 1.807) is 52.5 Å². The molecule has 0 fully saturated rings. The van der Waals surface area contributed by atoms with Crippen LogP contribution in [0.4, 0.5) is 0 Å². The number of hydrogen-bond acceptors (Lipinski definition) is 8. The average Bonchev–Trinajstić information content (AvgIpc) is 3.06.